The highest BCUT2D eigenvalue weighted by Crippen LogP contribution is 2.38. The van der Waals surface area contributed by atoms with Crippen LogP contribution in [-0.2, 0) is 19.4 Å². The Balaban J connectivity index is 2.07. The molecule has 0 saturated carbocycles. The van der Waals surface area contributed by atoms with Crippen LogP contribution in [0.25, 0.3) is 17.1 Å². The predicted octanol–water partition coefficient (Wildman–Crippen LogP) is 7.09. The number of unbranched alkanes of at least 4 members (excludes halogenated alkanes) is 1. The summed E-state index contributed by atoms with van der Waals surface area (Å²) in [5.74, 6) is 1.26. The Labute approximate surface area is 194 Å². The number of aromatic nitrogens is 5. The van der Waals surface area contributed by atoms with Crippen LogP contribution in [0.3, 0.4) is 0 Å². The molecule has 0 N–H and O–H groups in total. The summed E-state index contributed by atoms with van der Waals surface area (Å²) < 4.78 is 44.9. The number of rotatable bonds is 10. The van der Waals surface area contributed by atoms with Gasteiger partial charge in [0.25, 0.3) is 0 Å². The molecule has 0 radical (unpaired) electrons. The number of fused-ring (bicyclic) bond motifs is 3. The van der Waals surface area contributed by atoms with E-state index in [0.717, 1.165) is 49.3 Å². The lowest BCUT2D eigenvalue weighted by Gasteiger charge is -2.21. The molecule has 0 bridgehead atoms. The van der Waals surface area contributed by atoms with Crippen LogP contribution < -0.4 is 0 Å². The van der Waals surface area contributed by atoms with E-state index in [2.05, 4.69) is 35.7 Å². The van der Waals surface area contributed by atoms with Gasteiger partial charge in [0, 0.05) is 30.1 Å². The van der Waals surface area contributed by atoms with Crippen molar-refractivity contribution in [3.63, 3.8) is 0 Å². The van der Waals surface area contributed by atoms with Gasteiger partial charge in [-0.3, -0.25) is 4.68 Å². The van der Waals surface area contributed by atoms with Crippen LogP contribution in [0.2, 0.25) is 0 Å². The van der Waals surface area contributed by atoms with Gasteiger partial charge in [-0.05, 0) is 44.6 Å². The fourth-order valence-corrected chi connectivity index (χ4v) is 4.62. The first kappa shape index (κ1) is 25.2. The van der Waals surface area contributed by atoms with E-state index >= 15 is 0 Å². The largest absolute Gasteiger partial charge is 0.412 e. The van der Waals surface area contributed by atoms with E-state index in [1.807, 2.05) is 17.6 Å². The molecule has 0 saturated heterocycles. The molecular weight excluding hydrogens is 427 g/mol. The monoisotopic (exact) mass is 463 g/mol. The van der Waals surface area contributed by atoms with Crippen molar-refractivity contribution in [3.05, 3.63) is 34.8 Å². The maximum Gasteiger partial charge on any atom is 0.412 e. The number of halogens is 3. The highest BCUT2D eigenvalue weighted by Gasteiger charge is 2.35. The van der Waals surface area contributed by atoms with Gasteiger partial charge in [0.15, 0.2) is 11.6 Å². The molecule has 0 aromatic carbocycles. The summed E-state index contributed by atoms with van der Waals surface area (Å²) in [5, 5.41) is 13.8. The Bertz CT molecular complexity index is 1010. The minimum atomic E-state index is -4.36. The van der Waals surface area contributed by atoms with Crippen molar-refractivity contribution in [2.24, 2.45) is 0 Å². The van der Waals surface area contributed by atoms with Crippen LogP contribution in [-0.4, -0.2) is 30.7 Å². The Hall–Kier alpha value is -2.38. The number of nitrogens with zero attached hydrogens (tertiary/aromatic N) is 5. The third kappa shape index (κ3) is 5.25. The molecule has 33 heavy (non-hydrogen) atoms. The quantitative estimate of drug-likeness (QED) is 0.353. The van der Waals surface area contributed by atoms with Gasteiger partial charge in [-0.15, -0.1) is 10.2 Å². The summed E-state index contributed by atoms with van der Waals surface area (Å²) in [5.41, 5.74) is 3.33. The predicted molar refractivity (Wildman–Crippen MR) is 126 cm³/mol. The van der Waals surface area contributed by atoms with E-state index in [-0.39, 0.29) is 12.5 Å². The van der Waals surface area contributed by atoms with Gasteiger partial charge in [0.05, 0.1) is 5.69 Å². The average Bonchev–Trinajstić information content (AvgIpc) is 3.37. The lowest BCUT2D eigenvalue weighted by Crippen LogP contribution is -2.18. The van der Waals surface area contributed by atoms with Crippen LogP contribution in [0, 0.1) is 0 Å². The van der Waals surface area contributed by atoms with E-state index in [1.54, 1.807) is 6.92 Å². The molecule has 8 heteroatoms. The summed E-state index contributed by atoms with van der Waals surface area (Å²) in [4.78, 5) is 0. The van der Waals surface area contributed by atoms with Crippen molar-refractivity contribution < 1.29 is 13.2 Å². The summed E-state index contributed by atoms with van der Waals surface area (Å²) in [6, 6.07) is 0.223. The molecule has 1 atom stereocenters. The van der Waals surface area contributed by atoms with Crippen molar-refractivity contribution >= 4 is 5.57 Å². The Kier molecular flexibility index (Phi) is 8.19. The molecule has 0 fully saturated rings. The van der Waals surface area contributed by atoms with Crippen molar-refractivity contribution in [1.29, 1.82) is 0 Å². The molecule has 5 nitrogen and oxygen atoms in total. The van der Waals surface area contributed by atoms with Gasteiger partial charge in [0.2, 0.25) is 0 Å². The van der Waals surface area contributed by atoms with Crippen LogP contribution in [0.15, 0.2) is 17.7 Å². The second-order valence-corrected chi connectivity index (χ2v) is 8.76. The van der Waals surface area contributed by atoms with Crippen molar-refractivity contribution in [2.75, 3.05) is 0 Å². The number of allylic oxidation sites excluding steroid dienone is 4. The number of aryl methyl sites for hydroxylation is 1. The molecule has 1 aliphatic rings. The van der Waals surface area contributed by atoms with E-state index in [1.165, 1.54) is 11.6 Å². The van der Waals surface area contributed by atoms with Crippen LogP contribution in [0.5, 0.6) is 0 Å². The van der Waals surface area contributed by atoms with Gasteiger partial charge in [-0.1, -0.05) is 52.7 Å². The van der Waals surface area contributed by atoms with Crippen molar-refractivity contribution in [2.45, 2.75) is 105 Å². The van der Waals surface area contributed by atoms with Gasteiger partial charge < -0.3 is 4.57 Å². The van der Waals surface area contributed by atoms with E-state index in [4.69, 9.17) is 5.10 Å². The molecule has 2 aromatic rings. The zero-order chi connectivity index (χ0) is 24.2. The maximum absolute atomic E-state index is 13.6. The molecule has 0 spiro atoms. The average molecular weight is 464 g/mol. The summed E-state index contributed by atoms with van der Waals surface area (Å²) in [6.45, 7) is 10.8. The number of hydrogen-bond donors (Lipinski definition) is 0. The SMILES string of the molecule is CC/C=C(\C/C(=C\CC)C(F)(F)F)c1nnc2n1CCc1c(CC)nn(C(C)CCCC)c1-2. The first-order valence-electron chi connectivity index (χ1n) is 12.3. The lowest BCUT2D eigenvalue weighted by atomic mass is 10.00. The van der Waals surface area contributed by atoms with Crippen molar-refractivity contribution in [1.82, 2.24) is 24.5 Å². The lowest BCUT2D eigenvalue weighted by molar-refractivity contribution is -0.0929. The van der Waals surface area contributed by atoms with Crippen LogP contribution in [0.4, 0.5) is 13.2 Å². The molecule has 3 rings (SSSR count). The zero-order valence-electron chi connectivity index (χ0n) is 20.5. The van der Waals surface area contributed by atoms with E-state index < -0.39 is 11.7 Å². The van der Waals surface area contributed by atoms with E-state index in [9.17, 15) is 13.2 Å². The van der Waals surface area contributed by atoms with Crippen molar-refractivity contribution in [3.8, 4) is 11.5 Å². The zero-order valence-corrected chi connectivity index (χ0v) is 20.5. The fourth-order valence-electron chi connectivity index (χ4n) is 4.62. The summed E-state index contributed by atoms with van der Waals surface area (Å²) >= 11 is 0. The van der Waals surface area contributed by atoms with Crippen LogP contribution >= 0.6 is 0 Å². The maximum atomic E-state index is 13.6. The second kappa shape index (κ2) is 10.7. The minimum absolute atomic E-state index is 0.192. The van der Waals surface area contributed by atoms with Gasteiger partial charge in [-0.2, -0.15) is 18.3 Å². The number of alkyl halides is 3. The topological polar surface area (TPSA) is 48.5 Å². The molecule has 0 amide bonds. The number of hydrogen-bond acceptors (Lipinski definition) is 3. The standard InChI is InChI=1S/C25H36F3N5/c1-6-10-13-17(5)33-22-20(21(9-4)31-33)14-15-32-23(29-30-24(22)32)18(11-7-2)16-19(12-8-3)25(26,27)28/h11-12,17H,6-10,13-16H2,1-5H3/b18-11+,19-12+. The van der Waals surface area contributed by atoms with E-state index in [0.29, 0.717) is 30.8 Å². The minimum Gasteiger partial charge on any atom is -0.306 e. The second-order valence-electron chi connectivity index (χ2n) is 8.76. The highest BCUT2D eigenvalue weighted by molar-refractivity contribution is 5.67. The molecule has 0 aliphatic carbocycles. The first-order valence-corrected chi connectivity index (χ1v) is 12.3. The summed E-state index contributed by atoms with van der Waals surface area (Å²) in [6.07, 6.45) is 4.42. The van der Waals surface area contributed by atoms with Gasteiger partial charge >= 0.3 is 6.18 Å². The summed E-state index contributed by atoms with van der Waals surface area (Å²) in [7, 11) is 0. The van der Waals surface area contributed by atoms with Gasteiger partial charge in [0.1, 0.15) is 5.69 Å². The normalized spacial score (nSPS) is 15.5. The molecular formula is C25H36F3N5. The smallest absolute Gasteiger partial charge is 0.306 e. The molecule has 182 valence electrons. The van der Waals surface area contributed by atoms with Crippen LogP contribution in [0.1, 0.15) is 96.3 Å². The third-order valence-electron chi connectivity index (χ3n) is 6.30. The Morgan fingerprint density at radius 1 is 1.09 bits per heavy atom. The molecule has 2 aromatic heterocycles. The Morgan fingerprint density at radius 3 is 2.42 bits per heavy atom. The highest BCUT2D eigenvalue weighted by atomic mass is 19.4. The fraction of sp³-hybridized carbons (Fsp3) is 0.640. The molecule has 1 aliphatic heterocycles. The Morgan fingerprint density at radius 2 is 1.82 bits per heavy atom. The third-order valence-corrected chi connectivity index (χ3v) is 6.30. The molecule has 1 unspecified atom stereocenters. The van der Waals surface area contributed by atoms with Gasteiger partial charge in [-0.25, -0.2) is 0 Å². The first-order chi connectivity index (χ1) is 15.8. The molecule has 3 heterocycles.